The second-order valence-electron chi connectivity index (χ2n) is 0.447. The van der Waals surface area contributed by atoms with Crippen molar-refractivity contribution in [2.45, 2.75) is 0 Å². The van der Waals surface area contributed by atoms with Crippen LogP contribution in [0.3, 0.4) is 0 Å². The van der Waals surface area contributed by atoms with E-state index < -0.39 is 10.2 Å². The van der Waals surface area contributed by atoms with Gasteiger partial charge >= 0.3 is 89.1 Å². The third kappa shape index (κ3) is 381. The number of hydrogen-bond donors (Lipinski definition) is 0. The van der Waals surface area contributed by atoms with Gasteiger partial charge in [-0.2, -0.15) is 0 Å². The maximum absolute atomic E-state index is 8.25. The molecule has 50 valence electrons. The molecule has 0 aromatic rings. The summed E-state index contributed by atoms with van der Waals surface area (Å²) in [7, 11) is 0. The van der Waals surface area contributed by atoms with E-state index >= 15 is 0 Å². The van der Waals surface area contributed by atoms with Gasteiger partial charge < -0.3 is 30.6 Å². The first kappa shape index (κ1) is 22.5. The maximum atomic E-state index is 8.25. The van der Waals surface area contributed by atoms with E-state index in [1.807, 2.05) is 0 Å². The van der Waals surface area contributed by atoms with E-state index in [-0.39, 0.29) is 89.1 Å². The Hall–Kier alpha value is 1.30. The van der Waals surface area contributed by atoms with Crippen LogP contribution in [0.4, 0.5) is 0 Å². The minimum absolute atomic E-state index is 0. The summed E-state index contributed by atoms with van der Waals surface area (Å²) in [5.74, 6) is 0. The third-order valence-electron chi connectivity index (χ3n) is 0. The van der Waals surface area contributed by atoms with Crippen LogP contribution in [-0.4, -0.2) is 99.3 Å². The van der Waals surface area contributed by atoms with Gasteiger partial charge in [-0.15, -0.1) is 0 Å². The predicted octanol–water partition coefficient (Wildman–Crippen LogP) is -1.51. The van der Waals surface area contributed by atoms with E-state index in [1.54, 1.807) is 0 Å². The van der Waals surface area contributed by atoms with Crippen molar-refractivity contribution in [3.05, 3.63) is 30.6 Å². The van der Waals surface area contributed by atoms with E-state index in [2.05, 4.69) is 0 Å². The molecule has 10 heavy (non-hydrogen) atoms. The Kier molecular flexibility index (Phi) is 37.6. The third-order valence-corrected chi connectivity index (χ3v) is 0. The molecule has 0 atom stereocenters. The van der Waals surface area contributed by atoms with Gasteiger partial charge in [-0.25, -0.2) is 0 Å². The van der Waals surface area contributed by atoms with E-state index in [0.717, 1.165) is 0 Å². The molecule has 0 aliphatic carbocycles. The van der Waals surface area contributed by atoms with Crippen LogP contribution >= 0.6 is 0 Å². The Balaban J connectivity index is -0.0000000300. The van der Waals surface area contributed by atoms with Crippen molar-refractivity contribution in [3.8, 4) is 0 Å². The van der Waals surface area contributed by atoms with Crippen LogP contribution in [0.1, 0.15) is 0 Å². The Bertz CT molecular complexity index is 73.7. The molecule has 0 amide bonds. The molecule has 0 fully saturated rings. The molecule has 0 unspecified atom stereocenters. The first-order valence-corrected chi connectivity index (χ1v) is 1.10. The standard InChI is InChI=1S/Ca.K.2NO3.H/c;;2*2-1(3)4;/q+2;;2*-1;. The average Bonchev–Trinajstić information content (AvgIpc) is 1.25. The summed E-state index contributed by atoms with van der Waals surface area (Å²) >= 11 is 0. The Labute approximate surface area is 127 Å². The summed E-state index contributed by atoms with van der Waals surface area (Å²) in [4.78, 5) is 16.5. The molecular weight excluding hydrogens is 203 g/mol. The molecule has 0 aromatic heterocycles. The quantitative estimate of drug-likeness (QED) is 0.267. The molecule has 10 heteroatoms. The summed E-state index contributed by atoms with van der Waals surface area (Å²) < 4.78 is 0. The zero-order valence-corrected chi connectivity index (χ0v) is 6.26. The van der Waals surface area contributed by atoms with Crippen LogP contribution in [0.15, 0.2) is 0 Å². The number of nitrogens with zero attached hydrogens (tertiary/aromatic N) is 2. The fraction of sp³-hybridized carbons (Fsp3) is 0. The molecule has 8 nitrogen and oxygen atoms in total. The van der Waals surface area contributed by atoms with E-state index in [4.69, 9.17) is 30.6 Å². The SMILES string of the molecule is O=[N+]([O-])[O-].O=[N+]([O-])[O-].[Ca+2].[KH]. The summed E-state index contributed by atoms with van der Waals surface area (Å²) in [6.45, 7) is 0. The number of hydrogen-bond acceptors (Lipinski definition) is 6. The van der Waals surface area contributed by atoms with Crippen molar-refractivity contribution in [1.29, 1.82) is 0 Å². The molecule has 0 radical (unpaired) electrons. The van der Waals surface area contributed by atoms with Gasteiger partial charge in [-0.05, 0) is 0 Å². The summed E-state index contributed by atoms with van der Waals surface area (Å²) in [5.41, 5.74) is 0. The fourth-order valence-electron chi connectivity index (χ4n) is 0. The molecular formula is HCaKN2O6. The monoisotopic (exact) mass is 204 g/mol. The molecule has 0 saturated carbocycles. The topological polar surface area (TPSA) is 132 Å². The van der Waals surface area contributed by atoms with Gasteiger partial charge in [-0.3, -0.25) is 0 Å². The van der Waals surface area contributed by atoms with Crippen LogP contribution in [0.2, 0.25) is 0 Å². The summed E-state index contributed by atoms with van der Waals surface area (Å²) in [6.07, 6.45) is 0. The minimum atomic E-state index is -1.75. The molecule has 0 rings (SSSR count). The van der Waals surface area contributed by atoms with Crippen molar-refractivity contribution < 1.29 is 10.2 Å². The van der Waals surface area contributed by atoms with Crippen LogP contribution in [-0.2, 0) is 0 Å². The van der Waals surface area contributed by atoms with Crippen LogP contribution < -0.4 is 0 Å². The van der Waals surface area contributed by atoms with Gasteiger partial charge in [0.2, 0.25) is 0 Å². The van der Waals surface area contributed by atoms with Crippen LogP contribution in [0, 0.1) is 30.6 Å². The zero-order chi connectivity index (χ0) is 7.15. The second-order valence-corrected chi connectivity index (χ2v) is 0.447. The van der Waals surface area contributed by atoms with E-state index in [9.17, 15) is 0 Å². The van der Waals surface area contributed by atoms with Gasteiger partial charge in [0.05, 0.1) is 10.2 Å². The first-order valence-electron chi connectivity index (χ1n) is 1.10. The zero-order valence-electron chi connectivity index (χ0n) is 4.05. The molecule has 0 aliphatic rings. The van der Waals surface area contributed by atoms with E-state index in [1.165, 1.54) is 0 Å². The first-order chi connectivity index (χ1) is 3.46. The van der Waals surface area contributed by atoms with Gasteiger partial charge in [0.25, 0.3) is 0 Å². The summed E-state index contributed by atoms with van der Waals surface area (Å²) in [6, 6.07) is 0. The van der Waals surface area contributed by atoms with Gasteiger partial charge in [0.15, 0.2) is 0 Å². The predicted molar refractivity (Wildman–Crippen MR) is 33.6 cm³/mol. The van der Waals surface area contributed by atoms with Gasteiger partial charge in [0.1, 0.15) is 0 Å². The van der Waals surface area contributed by atoms with Crippen molar-refractivity contribution >= 4 is 89.1 Å². The molecule has 0 saturated heterocycles. The van der Waals surface area contributed by atoms with Crippen molar-refractivity contribution in [2.75, 3.05) is 0 Å². The molecule has 0 N–H and O–H groups in total. The normalized spacial score (nSPS) is 4.80. The van der Waals surface area contributed by atoms with Gasteiger partial charge in [0, 0.05) is 0 Å². The fourth-order valence-corrected chi connectivity index (χ4v) is 0. The summed E-state index contributed by atoms with van der Waals surface area (Å²) in [5, 5.41) is 29.5. The molecule has 0 spiro atoms. The van der Waals surface area contributed by atoms with Crippen molar-refractivity contribution in [3.63, 3.8) is 0 Å². The molecule has 0 heterocycles. The van der Waals surface area contributed by atoms with Crippen molar-refractivity contribution in [1.82, 2.24) is 0 Å². The molecule has 0 aromatic carbocycles. The second kappa shape index (κ2) is 16.7. The molecule has 0 aliphatic heterocycles. The Morgan fingerprint density at radius 2 is 0.800 bits per heavy atom. The number of rotatable bonds is 0. The van der Waals surface area contributed by atoms with Crippen LogP contribution in [0.5, 0.6) is 0 Å². The van der Waals surface area contributed by atoms with Crippen molar-refractivity contribution in [2.24, 2.45) is 0 Å². The van der Waals surface area contributed by atoms with Gasteiger partial charge in [-0.1, -0.05) is 0 Å². The Morgan fingerprint density at radius 3 is 0.800 bits per heavy atom. The average molecular weight is 204 g/mol. The molecule has 0 bridgehead atoms. The van der Waals surface area contributed by atoms with E-state index in [0.29, 0.717) is 0 Å². The Morgan fingerprint density at radius 1 is 0.800 bits per heavy atom. The van der Waals surface area contributed by atoms with Crippen LogP contribution in [0.25, 0.3) is 0 Å².